The van der Waals surface area contributed by atoms with Crippen molar-refractivity contribution in [1.82, 2.24) is 5.32 Å². The summed E-state index contributed by atoms with van der Waals surface area (Å²) < 4.78 is 18.3. The summed E-state index contributed by atoms with van der Waals surface area (Å²) in [4.78, 5) is 39.7. The predicted molar refractivity (Wildman–Crippen MR) is 167 cm³/mol. The zero-order valence-corrected chi connectivity index (χ0v) is 25.6. The minimum Gasteiger partial charge on any atom is -0.493 e. The molecule has 0 spiro atoms. The number of aryl methyl sites for hydroxylation is 1. The van der Waals surface area contributed by atoms with Crippen LogP contribution in [0.1, 0.15) is 22.3 Å². The fourth-order valence-corrected chi connectivity index (χ4v) is 4.90. The summed E-state index contributed by atoms with van der Waals surface area (Å²) in [6.07, 6.45) is 1.40. The Bertz CT molecular complexity index is 1740. The van der Waals surface area contributed by atoms with Crippen molar-refractivity contribution >= 4 is 57.1 Å². The summed E-state index contributed by atoms with van der Waals surface area (Å²) in [7, 11) is 1.57. The number of carbonyl (C=O) groups excluding carboxylic acids is 3. The Morgan fingerprint density at radius 2 is 1.56 bits per heavy atom. The number of carbonyl (C=O) groups is 3. The second-order valence-electron chi connectivity index (χ2n) is 9.62. The van der Waals surface area contributed by atoms with Crippen LogP contribution in [0.15, 0.2) is 95.0 Å². The van der Waals surface area contributed by atoms with E-state index in [0.717, 1.165) is 21.6 Å². The number of urea groups is 1. The van der Waals surface area contributed by atoms with Gasteiger partial charge in [0.2, 0.25) is 0 Å². The van der Waals surface area contributed by atoms with E-state index < -0.39 is 17.8 Å². The Morgan fingerprint density at radius 3 is 2.30 bits per heavy atom. The molecule has 1 heterocycles. The molecule has 1 aliphatic heterocycles. The number of hydrogen-bond donors (Lipinski definition) is 1. The molecule has 8 nitrogen and oxygen atoms in total. The number of imide groups is 2. The maximum absolute atomic E-state index is 13.4. The Labute approximate surface area is 261 Å². The second-order valence-corrected chi connectivity index (χ2v) is 10.9. The van der Waals surface area contributed by atoms with Gasteiger partial charge in [-0.1, -0.05) is 70.0 Å². The third-order valence-corrected chi connectivity index (χ3v) is 7.55. The third-order valence-electron chi connectivity index (χ3n) is 6.65. The maximum Gasteiger partial charge on any atom is 0.335 e. The number of nitrogens with one attached hydrogen (secondary N) is 1. The van der Waals surface area contributed by atoms with Gasteiger partial charge in [-0.2, -0.15) is 0 Å². The van der Waals surface area contributed by atoms with Crippen LogP contribution in [-0.2, 0) is 22.8 Å². The van der Waals surface area contributed by atoms with E-state index in [2.05, 4.69) is 21.2 Å². The Hall–Kier alpha value is -4.60. The highest BCUT2D eigenvalue weighted by Crippen LogP contribution is 2.32. The number of nitrogens with zero attached hydrogens (tertiary/aromatic N) is 1. The normalized spacial score (nSPS) is 14.1. The highest BCUT2D eigenvalue weighted by Gasteiger charge is 2.37. The van der Waals surface area contributed by atoms with Crippen molar-refractivity contribution in [3.63, 3.8) is 0 Å². The van der Waals surface area contributed by atoms with Crippen LogP contribution in [0.4, 0.5) is 10.5 Å². The number of benzene rings is 4. The molecule has 0 bridgehead atoms. The summed E-state index contributed by atoms with van der Waals surface area (Å²) in [6, 6.07) is 24.5. The summed E-state index contributed by atoms with van der Waals surface area (Å²) in [5.41, 5.74) is 3.09. The quantitative estimate of drug-likeness (QED) is 0.150. The van der Waals surface area contributed by atoms with E-state index in [4.69, 9.17) is 25.8 Å². The fourth-order valence-electron chi connectivity index (χ4n) is 4.35. The molecule has 4 aromatic carbocycles. The van der Waals surface area contributed by atoms with Gasteiger partial charge in [0.05, 0.1) is 12.8 Å². The van der Waals surface area contributed by atoms with Crippen LogP contribution in [0.2, 0.25) is 5.02 Å². The lowest BCUT2D eigenvalue weighted by molar-refractivity contribution is -0.122. The standard InChI is InChI=1S/C33H26BrClN2O6/c1-20-8-11-25(17-27(20)35)37-32(39)26(31(38)36-33(37)40)16-23-15-24(34)10-13-28(23)42-19-22-9-12-29(30(14-22)41-2)43-18-21-6-4-3-5-7-21/h3-17H,18-19H2,1-2H3,(H,36,38,40)/b26-16+. The van der Waals surface area contributed by atoms with Crippen molar-refractivity contribution in [3.8, 4) is 17.2 Å². The molecule has 43 heavy (non-hydrogen) atoms. The van der Waals surface area contributed by atoms with Crippen LogP contribution < -0.4 is 24.4 Å². The van der Waals surface area contributed by atoms with Gasteiger partial charge >= 0.3 is 6.03 Å². The van der Waals surface area contributed by atoms with E-state index >= 15 is 0 Å². The smallest absolute Gasteiger partial charge is 0.335 e. The summed E-state index contributed by atoms with van der Waals surface area (Å²) >= 11 is 9.67. The van der Waals surface area contributed by atoms with Gasteiger partial charge in [0.25, 0.3) is 11.8 Å². The van der Waals surface area contributed by atoms with Crippen molar-refractivity contribution in [2.24, 2.45) is 0 Å². The lowest BCUT2D eigenvalue weighted by Crippen LogP contribution is -2.54. The summed E-state index contributed by atoms with van der Waals surface area (Å²) in [5, 5.41) is 2.62. The highest BCUT2D eigenvalue weighted by atomic mass is 79.9. The molecular formula is C33H26BrClN2O6. The van der Waals surface area contributed by atoms with Crippen molar-refractivity contribution < 1.29 is 28.6 Å². The first kappa shape index (κ1) is 29.9. The van der Waals surface area contributed by atoms with Gasteiger partial charge in [0.1, 0.15) is 24.5 Å². The molecule has 4 amide bonds. The van der Waals surface area contributed by atoms with E-state index in [-0.39, 0.29) is 17.9 Å². The van der Waals surface area contributed by atoms with Gasteiger partial charge in [-0.25, -0.2) is 9.69 Å². The molecule has 5 rings (SSSR count). The summed E-state index contributed by atoms with van der Waals surface area (Å²) in [5.74, 6) is -0.0243. The van der Waals surface area contributed by atoms with E-state index in [9.17, 15) is 14.4 Å². The molecule has 0 atom stereocenters. The van der Waals surface area contributed by atoms with Crippen LogP contribution in [0.5, 0.6) is 17.2 Å². The minimum atomic E-state index is -0.858. The maximum atomic E-state index is 13.4. The van der Waals surface area contributed by atoms with Gasteiger partial charge in [0.15, 0.2) is 11.5 Å². The van der Waals surface area contributed by atoms with Gasteiger partial charge in [0, 0.05) is 15.1 Å². The first-order chi connectivity index (χ1) is 20.7. The topological polar surface area (TPSA) is 94.2 Å². The number of methoxy groups -OCH3 is 1. The molecule has 1 saturated heterocycles. The van der Waals surface area contributed by atoms with Gasteiger partial charge < -0.3 is 14.2 Å². The molecule has 1 aliphatic rings. The largest absolute Gasteiger partial charge is 0.493 e. The van der Waals surface area contributed by atoms with E-state index in [0.29, 0.717) is 38.9 Å². The molecule has 0 radical (unpaired) electrons. The SMILES string of the molecule is COc1cc(COc2ccc(Br)cc2/C=C2\C(=O)NC(=O)N(c3ccc(C)c(Cl)c3)C2=O)ccc1OCc1ccccc1. The van der Waals surface area contributed by atoms with Crippen molar-refractivity contribution in [2.75, 3.05) is 12.0 Å². The number of ether oxygens (including phenoxy) is 3. The van der Waals surface area contributed by atoms with Gasteiger partial charge in [-0.15, -0.1) is 0 Å². The minimum absolute atomic E-state index is 0.166. The van der Waals surface area contributed by atoms with Crippen LogP contribution in [0.25, 0.3) is 6.08 Å². The summed E-state index contributed by atoms with van der Waals surface area (Å²) in [6.45, 7) is 2.37. The molecule has 1 fully saturated rings. The van der Waals surface area contributed by atoms with Crippen LogP contribution >= 0.6 is 27.5 Å². The van der Waals surface area contributed by atoms with Gasteiger partial charge in [-0.3, -0.25) is 14.9 Å². The number of anilines is 1. The zero-order chi connectivity index (χ0) is 30.5. The number of amides is 4. The first-order valence-electron chi connectivity index (χ1n) is 13.2. The zero-order valence-electron chi connectivity index (χ0n) is 23.2. The molecule has 0 unspecified atom stereocenters. The molecule has 0 saturated carbocycles. The van der Waals surface area contributed by atoms with E-state index in [1.54, 1.807) is 44.4 Å². The molecule has 1 N–H and O–H groups in total. The number of hydrogen-bond acceptors (Lipinski definition) is 6. The Kier molecular flexibility index (Phi) is 9.13. The Balaban J connectivity index is 1.37. The Morgan fingerprint density at radius 1 is 0.837 bits per heavy atom. The third kappa shape index (κ3) is 6.90. The number of rotatable bonds is 9. The van der Waals surface area contributed by atoms with E-state index in [1.165, 1.54) is 12.1 Å². The molecule has 0 aromatic heterocycles. The second kappa shape index (κ2) is 13.1. The average molecular weight is 662 g/mol. The highest BCUT2D eigenvalue weighted by molar-refractivity contribution is 9.10. The lowest BCUT2D eigenvalue weighted by atomic mass is 10.1. The average Bonchev–Trinajstić information content (AvgIpc) is 3.00. The lowest BCUT2D eigenvalue weighted by Gasteiger charge is -2.26. The van der Waals surface area contributed by atoms with Gasteiger partial charge in [-0.05, 0) is 72.2 Å². The number of barbiturate groups is 1. The molecule has 4 aromatic rings. The molecule has 218 valence electrons. The van der Waals surface area contributed by atoms with Crippen LogP contribution in [0, 0.1) is 6.92 Å². The van der Waals surface area contributed by atoms with Crippen molar-refractivity contribution in [3.05, 3.63) is 122 Å². The van der Waals surface area contributed by atoms with Crippen LogP contribution in [0.3, 0.4) is 0 Å². The molecule has 10 heteroatoms. The van der Waals surface area contributed by atoms with Crippen LogP contribution in [-0.4, -0.2) is 25.0 Å². The van der Waals surface area contributed by atoms with E-state index in [1.807, 2.05) is 48.5 Å². The first-order valence-corrected chi connectivity index (χ1v) is 14.3. The molecule has 0 aliphatic carbocycles. The van der Waals surface area contributed by atoms with Crippen molar-refractivity contribution in [2.45, 2.75) is 20.1 Å². The molecular weight excluding hydrogens is 636 g/mol. The number of halogens is 2. The van der Waals surface area contributed by atoms with Crippen molar-refractivity contribution in [1.29, 1.82) is 0 Å². The predicted octanol–water partition coefficient (Wildman–Crippen LogP) is 7.24. The fraction of sp³-hybridized carbons (Fsp3) is 0.121. The monoisotopic (exact) mass is 660 g/mol.